The van der Waals surface area contributed by atoms with Crippen LogP contribution in [0.1, 0.15) is 72.3 Å². The van der Waals surface area contributed by atoms with Crippen molar-refractivity contribution in [1.29, 1.82) is 0 Å². The second kappa shape index (κ2) is 33.2. The predicted molar refractivity (Wildman–Crippen MR) is 552 cm³/mol. The molecule has 0 amide bonds. The second-order valence-corrected chi connectivity index (χ2v) is 36.0. The topological polar surface area (TPSA) is 129 Å². The van der Waals surface area contributed by atoms with E-state index >= 15 is 0 Å². The van der Waals surface area contributed by atoms with Gasteiger partial charge in [-0.2, -0.15) is 0 Å². The average Bonchev–Trinajstić information content (AvgIpc) is 1.53. The molecule has 26 rings (SSSR count). The van der Waals surface area contributed by atoms with E-state index in [9.17, 15) is 0 Å². The van der Waals surface area contributed by atoms with Gasteiger partial charge in [-0.05, 0) is 145 Å². The molecule has 0 unspecified atom stereocenters. The lowest BCUT2D eigenvalue weighted by Crippen LogP contribution is -2.30. The van der Waals surface area contributed by atoms with E-state index in [1.54, 1.807) is 0 Å². The third-order valence-corrected chi connectivity index (χ3v) is 27.3. The molecule has 0 spiro atoms. The van der Waals surface area contributed by atoms with E-state index in [4.69, 9.17) is 44.9 Å². The minimum absolute atomic E-state index is 0.308. The minimum Gasteiger partial charge on any atom is -0.256 e. The summed E-state index contributed by atoms with van der Waals surface area (Å²) in [5, 5.41) is 11.9. The molecule has 0 radical (unpaired) electrons. The monoisotopic (exact) mass is 1730 g/mol. The lowest BCUT2D eigenvalue weighted by molar-refractivity contribution is 0.636. The third-order valence-electron chi connectivity index (χ3n) is 27.3. The Balaban J connectivity index is 0.000000111. The molecule has 0 N–H and O–H groups in total. The van der Waals surface area contributed by atoms with Gasteiger partial charge < -0.3 is 0 Å². The quantitative estimate of drug-likeness (QED) is 0.0861. The highest BCUT2D eigenvalue weighted by molar-refractivity contribution is 6.15. The number of benzene rings is 16. The summed E-state index contributed by atoms with van der Waals surface area (Å²) in [5.41, 5.74) is 30.8. The highest BCUT2D eigenvalue weighted by atomic mass is 15.0. The third kappa shape index (κ3) is 13.9. The van der Waals surface area contributed by atoms with Crippen LogP contribution < -0.4 is 0 Å². The molecule has 0 saturated heterocycles. The fourth-order valence-electron chi connectivity index (χ4n) is 21.0. The van der Waals surface area contributed by atoms with Gasteiger partial charge in [-0.3, -0.25) is 19.9 Å². The van der Waals surface area contributed by atoms with Gasteiger partial charge in [-0.25, -0.2) is 29.9 Å². The van der Waals surface area contributed by atoms with Crippen LogP contribution in [0.4, 0.5) is 0 Å². The molecule has 3 aliphatic rings. The molecule has 10 heteroatoms. The molecule has 636 valence electrons. The summed E-state index contributed by atoms with van der Waals surface area (Å²) >= 11 is 0. The standard InChI is InChI=1S/C44H29N3.C43H30N4.C38H27N3/c1-5-17-31(18-6-1)39-28-38-37(29-45-39)42-40(44(38,33-22-9-3-10-23-33)34-24-11-4-12-25-34)41(46-43(47-42)32-19-7-2-8-20-32)36-27-15-21-30-16-13-14-26-35(30)36;1-43(2)38-39(27-13-4-3-5-14-27)46-42(30-17-12-16-29(25-30)36-21-10-11-24-44-36)47-40(38)34-22-23-37(45-41(34)43)35-26-28-15-6-7-18-31(28)32-19-8-9-20-33(32)35;1-38(2)31-23-39-32(24-13-5-3-6-14-24)22-30(31)36-34(38)35(25-15-7-4-8-16-25)40-37(41-36)33-28-19-11-9-17-26(28)21-27-18-10-12-20-29(27)33/h1-29H;3-26H,1-2H3;3-23H,1-2H3. The molecule has 135 heavy (non-hydrogen) atoms. The molecule has 0 fully saturated rings. The number of rotatable bonds is 12. The van der Waals surface area contributed by atoms with Crippen molar-refractivity contribution in [3.8, 4) is 147 Å². The van der Waals surface area contributed by atoms with Crippen molar-refractivity contribution < 1.29 is 0 Å². The fourth-order valence-corrected chi connectivity index (χ4v) is 21.0. The number of nitrogens with zero attached hydrogens (tertiary/aromatic N) is 10. The Morgan fingerprint density at radius 2 is 0.630 bits per heavy atom. The Bertz CT molecular complexity index is 8480. The van der Waals surface area contributed by atoms with E-state index in [0.29, 0.717) is 11.6 Å². The molecule has 10 nitrogen and oxygen atoms in total. The van der Waals surface area contributed by atoms with E-state index in [-0.39, 0.29) is 5.41 Å². The Kier molecular flexibility index (Phi) is 19.9. The van der Waals surface area contributed by atoms with Crippen LogP contribution >= 0.6 is 0 Å². The summed E-state index contributed by atoms with van der Waals surface area (Å²) in [7, 11) is 0. The van der Waals surface area contributed by atoms with E-state index in [2.05, 4.69) is 409 Å². The van der Waals surface area contributed by atoms with Crippen LogP contribution in [0.5, 0.6) is 0 Å². The Morgan fingerprint density at radius 3 is 1.24 bits per heavy atom. The zero-order valence-corrected chi connectivity index (χ0v) is 74.7. The molecule has 16 aromatic carbocycles. The van der Waals surface area contributed by atoms with Gasteiger partial charge in [0.2, 0.25) is 0 Å². The smallest absolute Gasteiger partial charge is 0.161 e. The Morgan fingerprint density at radius 1 is 0.200 bits per heavy atom. The minimum atomic E-state index is -0.707. The van der Waals surface area contributed by atoms with Gasteiger partial charge in [0, 0.05) is 118 Å². The second-order valence-electron chi connectivity index (χ2n) is 36.0. The van der Waals surface area contributed by atoms with Gasteiger partial charge in [-0.15, -0.1) is 0 Å². The van der Waals surface area contributed by atoms with Crippen LogP contribution in [-0.4, -0.2) is 49.8 Å². The molecule has 0 atom stereocenters. The maximum atomic E-state index is 5.51. The zero-order valence-electron chi connectivity index (χ0n) is 74.7. The summed E-state index contributed by atoms with van der Waals surface area (Å²) in [5.74, 6) is 2.13. The highest BCUT2D eigenvalue weighted by Crippen LogP contribution is 2.60. The lowest BCUT2D eigenvalue weighted by Gasteiger charge is -2.35. The molecule has 3 aliphatic carbocycles. The molecular weight excluding hydrogens is 1640 g/mol. The van der Waals surface area contributed by atoms with Crippen LogP contribution in [0.2, 0.25) is 0 Å². The van der Waals surface area contributed by atoms with Gasteiger partial charge in [0.05, 0.1) is 68.0 Å². The summed E-state index contributed by atoms with van der Waals surface area (Å²) in [6, 6.07) is 151. The molecule has 0 saturated carbocycles. The Labute approximate surface area is 783 Å². The molecule has 23 aromatic rings. The average molecular weight is 1730 g/mol. The molecule has 0 aliphatic heterocycles. The largest absolute Gasteiger partial charge is 0.256 e. The van der Waals surface area contributed by atoms with E-state index < -0.39 is 10.8 Å². The van der Waals surface area contributed by atoms with E-state index in [1.807, 2.05) is 73.2 Å². The molecular formula is C125H86N10. The number of hydrogen-bond donors (Lipinski definition) is 0. The van der Waals surface area contributed by atoms with Gasteiger partial charge in [0.15, 0.2) is 17.5 Å². The molecule has 7 heterocycles. The number of pyridine rings is 4. The van der Waals surface area contributed by atoms with Gasteiger partial charge in [-0.1, -0.05) is 390 Å². The van der Waals surface area contributed by atoms with Crippen molar-refractivity contribution >= 4 is 53.9 Å². The fraction of sp³-hybridized carbons (Fsp3) is 0.0560. The first-order chi connectivity index (χ1) is 66.5. The SMILES string of the molecule is CC1(C)c2cnc(-c3ccccc3)cc2-c2nc(-c3c4ccccc4cc4ccccc34)nc(-c3ccccc3)c21.CC1(C)c2nc(-c3cc4ccccc4c4ccccc34)ccc2-c2nc(-c3cccc(-c4ccccn4)c3)nc(-c3ccccc3)c21.c1ccc(-c2cc3c(cn2)-c2nc(-c4ccccc4)nc(-c4cccc5ccccc45)c2C3(c2ccccc2)c2ccccc2)cc1. The number of fused-ring (bicyclic) bond motifs is 15. The number of hydrogen-bond acceptors (Lipinski definition) is 10. The molecule has 7 aromatic heterocycles. The number of aromatic nitrogens is 10. The van der Waals surface area contributed by atoms with E-state index in [0.717, 1.165) is 190 Å². The van der Waals surface area contributed by atoms with Crippen molar-refractivity contribution in [2.75, 3.05) is 0 Å². The van der Waals surface area contributed by atoms with Crippen LogP contribution in [0.3, 0.4) is 0 Å². The normalized spacial score (nSPS) is 13.1. The predicted octanol–water partition coefficient (Wildman–Crippen LogP) is 30.4. The van der Waals surface area contributed by atoms with Crippen molar-refractivity contribution in [2.45, 2.75) is 43.9 Å². The van der Waals surface area contributed by atoms with Crippen molar-refractivity contribution in [3.63, 3.8) is 0 Å². The first-order valence-corrected chi connectivity index (χ1v) is 46.0. The zero-order chi connectivity index (χ0) is 90.3. The summed E-state index contributed by atoms with van der Waals surface area (Å²) in [4.78, 5) is 52.4. The first-order valence-electron chi connectivity index (χ1n) is 46.0. The van der Waals surface area contributed by atoms with Crippen LogP contribution in [0.15, 0.2) is 449 Å². The summed E-state index contributed by atoms with van der Waals surface area (Å²) in [6.07, 6.45) is 5.89. The lowest BCUT2D eigenvalue weighted by atomic mass is 9.67. The first kappa shape index (κ1) is 80.9. The van der Waals surface area contributed by atoms with Gasteiger partial charge >= 0.3 is 0 Å². The maximum absolute atomic E-state index is 5.51. The Hall–Kier alpha value is -17.3. The maximum Gasteiger partial charge on any atom is 0.161 e. The van der Waals surface area contributed by atoms with Crippen molar-refractivity contribution in [2.24, 2.45) is 0 Å². The van der Waals surface area contributed by atoms with Gasteiger partial charge in [0.25, 0.3) is 0 Å². The van der Waals surface area contributed by atoms with Crippen LogP contribution in [0, 0.1) is 0 Å². The van der Waals surface area contributed by atoms with E-state index in [1.165, 1.54) is 43.3 Å². The summed E-state index contributed by atoms with van der Waals surface area (Å²) in [6.45, 7) is 9.04. The van der Waals surface area contributed by atoms with Crippen molar-refractivity contribution in [3.05, 3.63) is 494 Å². The van der Waals surface area contributed by atoms with Crippen molar-refractivity contribution in [1.82, 2.24) is 49.8 Å². The molecule has 0 bridgehead atoms. The highest BCUT2D eigenvalue weighted by Gasteiger charge is 2.51. The van der Waals surface area contributed by atoms with Crippen LogP contribution in [0.25, 0.3) is 201 Å². The van der Waals surface area contributed by atoms with Crippen LogP contribution in [-0.2, 0) is 16.2 Å². The summed E-state index contributed by atoms with van der Waals surface area (Å²) < 4.78 is 0. The van der Waals surface area contributed by atoms with Gasteiger partial charge in [0.1, 0.15) is 0 Å².